The van der Waals surface area contributed by atoms with E-state index < -0.39 is 0 Å². The van der Waals surface area contributed by atoms with Crippen molar-refractivity contribution in [2.24, 2.45) is 0 Å². The minimum Gasteiger partial charge on any atom is -0.372 e. The lowest BCUT2D eigenvalue weighted by Crippen LogP contribution is -2.19. The van der Waals surface area contributed by atoms with E-state index in [-0.39, 0.29) is 17.8 Å². The molecule has 0 saturated heterocycles. The number of hydrogen-bond donors (Lipinski definition) is 1. The fraction of sp³-hybridized carbons (Fsp3) is 0.444. The topological polar surface area (TPSA) is 64.1 Å². The molecule has 0 unspecified atom stereocenters. The first-order valence-electron chi connectivity index (χ1n) is 4.58. The standard InChI is InChI=1S/C9H12ClN3O2/c1-2-5-15-6-8(14)12-7-3-4-11-9(10)13-7/h3-4H,2,5-6H2,1H3,(H,11,12,13,14). The number of ether oxygens (including phenoxy) is 1. The van der Waals surface area contributed by atoms with Crippen LogP contribution in [0.1, 0.15) is 13.3 Å². The average Bonchev–Trinajstić information content (AvgIpc) is 2.18. The maximum Gasteiger partial charge on any atom is 0.251 e. The molecule has 0 radical (unpaired) electrons. The molecule has 0 aliphatic rings. The van der Waals surface area contributed by atoms with Gasteiger partial charge in [-0.3, -0.25) is 4.79 Å². The van der Waals surface area contributed by atoms with Gasteiger partial charge in [-0.15, -0.1) is 0 Å². The van der Waals surface area contributed by atoms with Crippen molar-refractivity contribution in [2.75, 3.05) is 18.5 Å². The number of aromatic nitrogens is 2. The number of anilines is 1. The van der Waals surface area contributed by atoms with Gasteiger partial charge in [0.15, 0.2) is 0 Å². The third-order valence-corrected chi connectivity index (χ3v) is 1.66. The fourth-order valence-electron chi connectivity index (χ4n) is 0.893. The van der Waals surface area contributed by atoms with E-state index in [4.69, 9.17) is 16.3 Å². The molecular weight excluding hydrogens is 218 g/mol. The van der Waals surface area contributed by atoms with Gasteiger partial charge in [-0.25, -0.2) is 9.97 Å². The van der Waals surface area contributed by atoms with E-state index in [1.165, 1.54) is 6.20 Å². The summed E-state index contributed by atoms with van der Waals surface area (Å²) >= 11 is 5.55. The lowest BCUT2D eigenvalue weighted by Gasteiger charge is -2.04. The van der Waals surface area contributed by atoms with E-state index in [1.807, 2.05) is 6.92 Å². The zero-order valence-corrected chi connectivity index (χ0v) is 9.12. The monoisotopic (exact) mass is 229 g/mol. The highest BCUT2D eigenvalue weighted by atomic mass is 35.5. The Balaban J connectivity index is 2.37. The third-order valence-electron chi connectivity index (χ3n) is 1.48. The van der Waals surface area contributed by atoms with E-state index in [9.17, 15) is 4.79 Å². The van der Waals surface area contributed by atoms with Gasteiger partial charge in [-0.1, -0.05) is 6.92 Å². The molecule has 0 aliphatic heterocycles. The van der Waals surface area contributed by atoms with Gasteiger partial charge >= 0.3 is 0 Å². The molecule has 82 valence electrons. The molecule has 0 saturated carbocycles. The van der Waals surface area contributed by atoms with Gasteiger partial charge < -0.3 is 10.1 Å². The summed E-state index contributed by atoms with van der Waals surface area (Å²) in [4.78, 5) is 18.8. The summed E-state index contributed by atoms with van der Waals surface area (Å²) in [6.07, 6.45) is 2.35. The zero-order valence-electron chi connectivity index (χ0n) is 8.36. The number of carbonyl (C=O) groups excluding carboxylic acids is 1. The Bertz CT molecular complexity index is 333. The van der Waals surface area contributed by atoms with Crippen molar-refractivity contribution in [3.63, 3.8) is 0 Å². The van der Waals surface area contributed by atoms with Crippen LogP contribution in [0, 0.1) is 0 Å². The average molecular weight is 230 g/mol. The molecule has 0 fully saturated rings. The first-order chi connectivity index (χ1) is 7.22. The van der Waals surface area contributed by atoms with Crippen molar-refractivity contribution in [3.05, 3.63) is 17.5 Å². The highest BCUT2D eigenvalue weighted by Crippen LogP contribution is 2.05. The minimum absolute atomic E-state index is 0.0233. The molecule has 0 spiro atoms. The molecule has 1 aromatic heterocycles. The first kappa shape index (κ1) is 11.9. The van der Waals surface area contributed by atoms with Crippen LogP contribution in [0.4, 0.5) is 5.82 Å². The van der Waals surface area contributed by atoms with Crippen molar-refractivity contribution in [2.45, 2.75) is 13.3 Å². The highest BCUT2D eigenvalue weighted by Gasteiger charge is 2.03. The number of carbonyl (C=O) groups is 1. The number of nitrogens with zero attached hydrogens (tertiary/aromatic N) is 2. The van der Waals surface area contributed by atoms with Crippen LogP contribution < -0.4 is 5.32 Å². The number of rotatable bonds is 5. The van der Waals surface area contributed by atoms with Crippen LogP contribution in [0.2, 0.25) is 5.28 Å². The summed E-state index contributed by atoms with van der Waals surface area (Å²) in [5, 5.41) is 2.64. The highest BCUT2D eigenvalue weighted by molar-refractivity contribution is 6.28. The van der Waals surface area contributed by atoms with Crippen LogP contribution in [-0.2, 0) is 9.53 Å². The molecule has 15 heavy (non-hydrogen) atoms. The predicted octanol–water partition coefficient (Wildman–Crippen LogP) is 1.50. The van der Waals surface area contributed by atoms with Crippen molar-refractivity contribution < 1.29 is 9.53 Å². The van der Waals surface area contributed by atoms with E-state index in [2.05, 4.69) is 15.3 Å². The fourth-order valence-corrected chi connectivity index (χ4v) is 1.04. The number of halogens is 1. The molecule has 6 heteroatoms. The van der Waals surface area contributed by atoms with Gasteiger partial charge in [0.2, 0.25) is 5.28 Å². The van der Waals surface area contributed by atoms with Gasteiger partial charge in [-0.2, -0.15) is 0 Å². The second-order valence-corrected chi connectivity index (χ2v) is 3.15. The van der Waals surface area contributed by atoms with Crippen LogP contribution in [0.15, 0.2) is 12.3 Å². The van der Waals surface area contributed by atoms with Crippen molar-refractivity contribution in [3.8, 4) is 0 Å². The summed E-state index contributed by atoms with van der Waals surface area (Å²) in [6.45, 7) is 2.56. The Morgan fingerprint density at radius 3 is 3.13 bits per heavy atom. The predicted molar refractivity (Wildman–Crippen MR) is 56.8 cm³/mol. The SMILES string of the molecule is CCCOCC(=O)Nc1ccnc(Cl)n1. The lowest BCUT2D eigenvalue weighted by molar-refractivity contribution is -0.120. The van der Waals surface area contributed by atoms with Gasteiger partial charge in [0, 0.05) is 12.8 Å². The second kappa shape index (κ2) is 6.31. The Morgan fingerprint density at radius 1 is 1.67 bits per heavy atom. The summed E-state index contributed by atoms with van der Waals surface area (Å²) in [7, 11) is 0. The molecule has 0 bridgehead atoms. The molecule has 5 nitrogen and oxygen atoms in total. The van der Waals surface area contributed by atoms with E-state index >= 15 is 0 Å². The van der Waals surface area contributed by atoms with Crippen molar-refractivity contribution in [1.29, 1.82) is 0 Å². The van der Waals surface area contributed by atoms with Crippen LogP contribution in [0.25, 0.3) is 0 Å². The Labute approximate surface area is 92.8 Å². The van der Waals surface area contributed by atoms with Gasteiger partial charge in [0.1, 0.15) is 12.4 Å². The van der Waals surface area contributed by atoms with Crippen LogP contribution in [-0.4, -0.2) is 29.1 Å². The zero-order chi connectivity index (χ0) is 11.1. The Hall–Kier alpha value is -1.20. The summed E-state index contributed by atoms with van der Waals surface area (Å²) in [5.41, 5.74) is 0. The van der Waals surface area contributed by atoms with E-state index in [1.54, 1.807) is 6.07 Å². The molecule has 1 rings (SSSR count). The van der Waals surface area contributed by atoms with Crippen LogP contribution in [0.5, 0.6) is 0 Å². The largest absolute Gasteiger partial charge is 0.372 e. The number of nitrogens with one attached hydrogen (secondary N) is 1. The molecule has 0 aliphatic carbocycles. The van der Waals surface area contributed by atoms with E-state index in [0.717, 1.165) is 6.42 Å². The van der Waals surface area contributed by atoms with Crippen LogP contribution >= 0.6 is 11.6 Å². The normalized spacial score (nSPS) is 10.0. The quantitative estimate of drug-likeness (QED) is 0.614. The smallest absolute Gasteiger partial charge is 0.251 e. The van der Waals surface area contributed by atoms with Gasteiger partial charge in [-0.05, 0) is 24.1 Å². The Kier molecular flexibility index (Phi) is 5.00. The summed E-state index contributed by atoms with van der Waals surface area (Å²) < 4.78 is 5.06. The van der Waals surface area contributed by atoms with E-state index in [0.29, 0.717) is 12.4 Å². The molecular formula is C9H12ClN3O2. The molecule has 1 N–H and O–H groups in total. The molecule has 0 atom stereocenters. The maximum absolute atomic E-state index is 11.3. The molecule has 1 amide bonds. The van der Waals surface area contributed by atoms with Gasteiger partial charge in [0.25, 0.3) is 5.91 Å². The maximum atomic E-state index is 11.3. The Morgan fingerprint density at radius 2 is 2.47 bits per heavy atom. The van der Waals surface area contributed by atoms with Gasteiger partial charge in [0.05, 0.1) is 0 Å². The third kappa shape index (κ3) is 4.71. The summed E-state index contributed by atoms with van der Waals surface area (Å²) in [6, 6.07) is 1.56. The molecule has 0 aromatic carbocycles. The molecule has 1 aromatic rings. The van der Waals surface area contributed by atoms with Crippen molar-refractivity contribution >= 4 is 23.3 Å². The minimum atomic E-state index is -0.252. The van der Waals surface area contributed by atoms with Crippen LogP contribution in [0.3, 0.4) is 0 Å². The first-order valence-corrected chi connectivity index (χ1v) is 4.96. The summed E-state index contributed by atoms with van der Waals surface area (Å²) in [5.74, 6) is 0.123. The lowest BCUT2D eigenvalue weighted by atomic mass is 10.5. The second-order valence-electron chi connectivity index (χ2n) is 2.81. The van der Waals surface area contributed by atoms with Crippen molar-refractivity contribution in [1.82, 2.24) is 9.97 Å². The number of hydrogen-bond acceptors (Lipinski definition) is 4. The molecule has 1 heterocycles. The number of amides is 1.